The van der Waals surface area contributed by atoms with Gasteiger partial charge in [0, 0.05) is 50.2 Å². The summed E-state index contributed by atoms with van der Waals surface area (Å²) >= 11 is 0. The lowest BCUT2D eigenvalue weighted by Crippen LogP contribution is -2.47. The van der Waals surface area contributed by atoms with Gasteiger partial charge < -0.3 is 14.2 Å². The number of benzene rings is 2. The number of ether oxygens (including phenoxy) is 1. The lowest BCUT2D eigenvalue weighted by atomic mass is 10.1. The van der Waals surface area contributed by atoms with Crippen LogP contribution in [0.25, 0.3) is 11.3 Å². The van der Waals surface area contributed by atoms with Gasteiger partial charge in [-0.05, 0) is 62.5 Å². The van der Waals surface area contributed by atoms with Crippen LogP contribution in [0, 0.1) is 0 Å². The molecule has 5 rings (SSSR count). The molecule has 1 aliphatic rings. The Hall–Kier alpha value is -3.75. The van der Waals surface area contributed by atoms with Gasteiger partial charge in [-0.3, -0.25) is 9.80 Å². The first-order valence-corrected chi connectivity index (χ1v) is 12.9. The summed E-state index contributed by atoms with van der Waals surface area (Å²) < 4.78 is 11.5. The number of hydrogen-bond donors (Lipinski definition) is 0. The molecular weight excluding hydrogens is 464 g/mol. The smallest absolute Gasteiger partial charge is 0.225 e. The van der Waals surface area contributed by atoms with Crippen LogP contribution in [-0.4, -0.2) is 71.2 Å². The van der Waals surface area contributed by atoms with Crippen molar-refractivity contribution in [1.82, 2.24) is 24.9 Å². The normalized spacial score (nSPS) is 14.3. The minimum atomic E-state index is 0.555. The summed E-state index contributed by atoms with van der Waals surface area (Å²) in [7, 11) is 2.13. The molecule has 8 heteroatoms. The molecule has 0 atom stereocenters. The Labute approximate surface area is 218 Å². The van der Waals surface area contributed by atoms with Gasteiger partial charge in [-0.15, -0.1) is 0 Å². The van der Waals surface area contributed by atoms with Crippen molar-refractivity contribution in [2.45, 2.75) is 19.6 Å². The molecule has 1 aliphatic heterocycles. The summed E-state index contributed by atoms with van der Waals surface area (Å²) in [5.41, 5.74) is 3.01. The standard InChI is InChI=1S/C29H34N6O2/c1-33(15-6-16-34-17-19-35(20-18-34)29-30-13-5-14-31-29)22-27-21-28(32-37-27)25-9-11-26(12-10-25)36-23-24-7-3-2-4-8-24/h2-5,7-14,21H,6,15-20,22-23H2,1H3. The zero-order valence-corrected chi connectivity index (χ0v) is 21.4. The third-order valence-electron chi connectivity index (χ3n) is 6.60. The first-order valence-electron chi connectivity index (χ1n) is 12.9. The fourth-order valence-corrected chi connectivity index (χ4v) is 4.52. The number of anilines is 1. The van der Waals surface area contributed by atoms with Crippen molar-refractivity contribution in [3.63, 3.8) is 0 Å². The number of rotatable bonds is 11. The van der Waals surface area contributed by atoms with Gasteiger partial charge >= 0.3 is 0 Å². The van der Waals surface area contributed by atoms with E-state index in [4.69, 9.17) is 9.26 Å². The highest BCUT2D eigenvalue weighted by Crippen LogP contribution is 2.23. The predicted molar refractivity (Wildman–Crippen MR) is 144 cm³/mol. The highest BCUT2D eigenvalue weighted by Gasteiger charge is 2.18. The van der Waals surface area contributed by atoms with Crippen LogP contribution in [0.5, 0.6) is 5.75 Å². The summed E-state index contributed by atoms with van der Waals surface area (Å²) in [5, 5.41) is 4.28. The first-order chi connectivity index (χ1) is 18.2. The lowest BCUT2D eigenvalue weighted by molar-refractivity contribution is 0.222. The summed E-state index contributed by atoms with van der Waals surface area (Å²) in [6.07, 6.45) is 4.73. The molecule has 1 saturated heterocycles. The van der Waals surface area contributed by atoms with E-state index in [0.717, 1.165) is 86.5 Å². The average Bonchev–Trinajstić information content (AvgIpc) is 3.42. The highest BCUT2D eigenvalue weighted by molar-refractivity contribution is 5.59. The van der Waals surface area contributed by atoms with Gasteiger partial charge in [0.2, 0.25) is 5.95 Å². The van der Waals surface area contributed by atoms with Crippen LogP contribution in [0.4, 0.5) is 5.95 Å². The summed E-state index contributed by atoms with van der Waals surface area (Å²) in [4.78, 5) is 15.8. The van der Waals surface area contributed by atoms with Gasteiger partial charge in [0.05, 0.1) is 6.54 Å². The monoisotopic (exact) mass is 498 g/mol. The van der Waals surface area contributed by atoms with Crippen molar-refractivity contribution in [3.8, 4) is 17.0 Å². The van der Waals surface area contributed by atoms with Crippen LogP contribution in [0.2, 0.25) is 0 Å². The molecular formula is C29H34N6O2. The molecule has 2 aromatic heterocycles. The molecule has 3 heterocycles. The topological polar surface area (TPSA) is 70.8 Å². The van der Waals surface area contributed by atoms with Crippen LogP contribution in [0.1, 0.15) is 17.7 Å². The number of hydrogen-bond acceptors (Lipinski definition) is 8. The van der Waals surface area contributed by atoms with E-state index in [0.29, 0.717) is 6.61 Å². The third kappa shape index (κ3) is 7.15. The molecule has 37 heavy (non-hydrogen) atoms. The molecule has 0 saturated carbocycles. The zero-order chi connectivity index (χ0) is 25.3. The van der Waals surface area contributed by atoms with Crippen molar-refractivity contribution in [2.75, 3.05) is 51.2 Å². The Balaban J connectivity index is 1.02. The highest BCUT2D eigenvalue weighted by atomic mass is 16.5. The van der Waals surface area contributed by atoms with Crippen LogP contribution < -0.4 is 9.64 Å². The van der Waals surface area contributed by atoms with Gasteiger partial charge in [-0.2, -0.15) is 0 Å². The predicted octanol–water partition coefficient (Wildman–Crippen LogP) is 4.35. The maximum atomic E-state index is 5.89. The SMILES string of the molecule is CN(CCCN1CCN(c2ncccn2)CC1)Cc1cc(-c2ccc(OCc3ccccc3)cc2)no1. The van der Waals surface area contributed by atoms with E-state index < -0.39 is 0 Å². The average molecular weight is 499 g/mol. The molecule has 0 radical (unpaired) electrons. The summed E-state index contributed by atoms with van der Waals surface area (Å²) in [6, 6.07) is 22.1. The third-order valence-corrected chi connectivity index (χ3v) is 6.60. The molecule has 4 aromatic rings. The van der Waals surface area contributed by atoms with E-state index in [1.165, 1.54) is 0 Å². The van der Waals surface area contributed by atoms with Gasteiger partial charge in [0.1, 0.15) is 18.1 Å². The van der Waals surface area contributed by atoms with Crippen molar-refractivity contribution in [1.29, 1.82) is 0 Å². The Morgan fingerprint density at radius 3 is 2.43 bits per heavy atom. The van der Waals surface area contributed by atoms with Crippen LogP contribution in [0.15, 0.2) is 83.6 Å². The van der Waals surface area contributed by atoms with E-state index in [2.05, 4.69) is 49.0 Å². The van der Waals surface area contributed by atoms with Gasteiger partial charge in [0.15, 0.2) is 5.76 Å². The number of piperazine rings is 1. The largest absolute Gasteiger partial charge is 0.489 e. The Morgan fingerprint density at radius 2 is 1.68 bits per heavy atom. The minimum absolute atomic E-state index is 0.555. The minimum Gasteiger partial charge on any atom is -0.489 e. The molecule has 0 amide bonds. The maximum Gasteiger partial charge on any atom is 0.225 e. The second kappa shape index (κ2) is 12.5. The number of aromatic nitrogens is 3. The molecule has 0 unspecified atom stereocenters. The van der Waals surface area contributed by atoms with Crippen molar-refractivity contribution >= 4 is 5.95 Å². The molecule has 192 valence electrons. The van der Waals surface area contributed by atoms with Crippen molar-refractivity contribution in [3.05, 3.63) is 90.4 Å². The van der Waals surface area contributed by atoms with Crippen molar-refractivity contribution in [2.24, 2.45) is 0 Å². The molecule has 0 aliphatic carbocycles. The molecule has 2 aromatic carbocycles. The van der Waals surface area contributed by atoms with E-state index in [9.17, 15) is 0 Å². The molecule has 0 spiro atoms. The van der Waals surface area contributed by atoms with E-state index >= 15 is 0 Å². The van der Waals surface area contributed by atoms with Gasteiger partial charge in [0.25, 0.3) is 0 Å². The second-order valence-corrected chi connectivity index (χ2v) is 9.45. The van der Waals surface area contributed by atoms with Gasteiger partial charge in [-0.1, -0.05) is 35.5 Å². The van der Waals surface area contributed by atoms with E-state index in [1.54, 1.807) is 12.4 Å². The van der Waals surface area contributed by atoms with Crippen LogP contribution in [0.3, 0.4) is 0 Å². The van der Waals surface area contributed by atoms with E-state index in [1.807, 2.05) is 54.6 Å². The van der Waals surface area contributed by atoms with E-state index in [-0.39, 0.29) is 0 Å². The Bertz CT molecular complexity index is 1210. The second-order valence-electron chi connectivity index (χ2n) is 9.45. The molecule has 0 N–H and O–H groups in total. The summed E-state index contributed by atoms with van der Waals surface area (Å²) in [6.45, 7) is 7.43. The Morgan fingerprint density at radius 1 is 0.919 bits per heavy atom. The lowest BCUT2D eigenvalue weighted by Gasteiger charge is -2.34. The van der Waals surface area contributed by atoms with Crippen LogP contribution in [-0.2, 0) is 13.2 Å². The fraction of sp³-hybridized carbons (Fsp3) is 0.345. The zero-order valence-electron chi connectivity index (χ0n) is 21.4. The van der Waals surface area contributed by atoms with Crippen LogP contribution >= 0.6 is 0 Å². The summed E-state index contributed by atoms with van der Waals surface area (Å²) in [5.74, 6) is 2.55. The molecule has 0 bridgehead atoms. The fourth-order valence-electron chi connectivity index (χ4n) is 4.52. The number of nitrogens with zero attached hydrogens (tertiary/aromatic N) is 6. The quantitative estimate of drug-likeness (QED) is 0.302. The first kappa shape index (κ1) is 24.9. The van der Waals surface area contributed by atoms with Crippen molar-refractivity contribution < 1.29 is 9.26 Å². The Kier molecular flexibility index (Phi) is 8.40. The molecule has 1 fully saturated rings. The van der Waals surface area contributed by atoms with Gasteiger partial charge in [-0.25, -0.2) is 9.97 Å². The molecule has 8 nitrogen and oxygen atoms in total. The maximum absolute atomic E-state index is 5.89.